The third-order valence-corrected chi connectivity index (χ3v) is 6.91. The van der Waals surface area contributed by atoms with Crippen molar-refractivity contribution in [3.8, 4) is 5.75 Å². The fraction of sp³-hybridized carbons (Fsp3) is 0.417. The first kappa shape index (κ1) is 24.6. The zero-order valence-corrected chi connectivity index (χ0v) is 20.0. The van der Waals surface area contributed by atoms with Gasteiger partial charge in [-0.3, -0.25) is 14.3 Å². The summed E-state index contributed by atoms with van der Waals surface area (Å²) in [6.07, 6.45) is 1.53. The molecule has 1 unspecified atom stereocenters. The second-order valence-electron chi connectivity index (χ2n) is 8.59. The van der Waals surface area contributed by atoms with Crippen molar-refractivity contribution in [2.24, 2.45) is 11.8 Å². The summed E-state index contributed by atoms with van der Waals surface area (Å²) < 4.78 is 32.8. The van der Waals surface area contributed by atoms with Gasteiger partial charge in [0.2, 0.25) is 5.91 Å². The molecular weight excluding hydrogens is 442 g/mol. The number of rotatable bonds is 8. The van der Waals surface area contributed by atoms with Gasteiger partial charge >= 0.3 is 0 Å². The van der Waals surface area contributed by atoms with Crippen molar-refractivity contribution in [1.82, 2.24) is 10.2 Å². The lowest BCUT2D eigenvalue weighted by molar-refractivity contribution is -0.126. The molecule has 0 spiro atoms. The van der Waals surface area contributed by atoms with Crippen molar-refractivity contribution < 1.29 is 22.7 Å². The fourth-order valence-corrected chi connectivity index (χ4v) is 4.72. The largest absolute Gasteiger partial charge is 0.497 e. The molecule has 1 aliphatic heterocycles. The molecule has 1 aliphatic rings. The van der Waals surface area contributed by atoms with Crippen LogP contribution in [-0.2, 0) is 14.8 Å². The number of amides is 2. The fourth-order valence-electron chi connectivity index (χ4n) is 3.66. The summed E-state index contributed by atoms with van der Waals surface area (Å²) in [5, 5.41) is 2.95. The molecule has 0 radical (unpaired) electrons. The number of methoxy groups -OCH3 is 1. The summed E-state index contributed by atoms with van der Waals surface area (Å²) >= 11 is 0. The number of hydrogen-bond donors (Lipinski definition) is 2. The van der Waals surface area contributed by atoms with Crippen LogP contribution in [0.5, 0.6) is 5.75 Å². The van der Waals surface area contributed by atoms with E-state index >= 15 is 0 Å². The van der Waals surface area contributed by atoms with Crippen molar-refractivity contribution in [3.63, 3.8) is 0 Å². The number of carbonyl (C=O) groups excluding carboxylic acids is 2. The van der Waals surface area contributed by atoms with Crippen molar-refractivity contribution in [2.75, 3.05) is 31.5 Å². The average Bonchev–Trinajstić information content (AvgIpc) is 2.82. The highest BCUT2D eigenvalue weighted by Gasteiger charge is 2.29. The number of hydrogen-bond acceptors (Lipinski definition) is 5. The molecule has 1 heterocycles. The van der Waals surface area contributed by atoms with Gasteiger partial charge in [0.05, 0.1) is 17.9 Å². The van der Waals surface area contributed by atoms with E-state index in [1.54, 1.807) is 41.3 Å². The minimum Gasteiger partial charge on any atom is -0.497 e. The lowest BCUT2D eigenvalue weighted by Gasteiger charge is -2.32. The Balaban J connectivity index is 1.63. The van der Waals surface area contributed by atoms with Crippen LogP contribution in [0.25, 0.3) is 0 Å². The number of nitrogens with zero attached hydrogens (tertiary/aromatic N) is 1. The van der Waals surface area contributed by atoms with E-state index in [2.05, 4.69) is 10.0 Å². The summed E-state index contributed by atoms with van der Waals surface area (Å²) in [6.45, 7) is 5.68. The van der Waals surface area contributed by atoms with Crippen LogP contribution >= 0.6 is 0 Å². The molecule has 0 saturated carbocycles. The van der Waals surface area contributed by atoms with Crippen LogP contribution in [-0.4, -0.2) is 51.9 Å². The van der Waals surface area contributed by atoms with E-state index in [1.807, 2.05) is 13.8 Å². The molecule has 33 heavy (non-hydrogen) atoms. The summed E-state index contributed by atoms with van der Waals surface area (Å²) in [5.74, 6) is 0.549. The van der Waals surface area contributed by atoms with Crippen LogP contribution < -0.4 is 14.8 Å². The first-order chi connectivity index (χ1) is 15.7. The van der Waals surface area contributed by atoms with Gasteiger partial charge in [-0.15, -0.1) is 0 Å². The molecule has 2 aromatic rings. The quantitative estimate of drug-likeness (QED) is 0.613. The van der Waals surface area contributed by atoms with Crippen molar-refractivity contribution in [3.05, 3.63) is 54.1 Å². The molecule has 0 aliphatic carbocycles. The summed E-state index contributed by atoms with van der Waals surface area (Å²) in [5.41, 5.74) is 0.803. The molecule has 0 aromatic heterocycles. The zero-order valence-electron chi connectivity index (χ0n) is 19.2. The van der Waals surface area contributed by atoms with Gasteiger partial charge in [-0.25, -0.2) is 8.42 Å². The molecular formula is C24H31N3O5S. The first-order valence-electron chi connectivity index (χ1n) is 11.0. The highest BCUT2D eigenvalue weighted by molar-refractivity contribution is 7.92. The number of likely N-dealkylation sites (tertiary alicyclic amines) is 1. The SMILES string of the molecule is COc1ccc(S(=O)(=O)Nc2ccc(C(=O)N3CCCC(C(=O)NCC(C)C)C3)cc2)cc1. The van der Waals surface area contributed by atoms with Crippen LogP contribution in [0, 0.1) is 11.8 Å². The molecule has 8 nitrogen and oxygen atoms in total. The Hall–Kier alpha value is -3.07. The van der Waals surface area contributed by atoms with E-state index < -0.39 is 10.0 Å². The van der Waals surface area contributed by atoms with Gasteiger partial charge in [0.15, 0.2) is 0 Å². The van der Waals surface area contributed by atoms with E-state index in [9.17, 15) is 18.0 Å². The Morgan fingerprint density at radius 2 is 1.76 bits per heavy atom. The number of anilines is 1. The number of ether oxygens (including phenoxy) is 1. The molecule has 3 rings (SSSR count). The highest BCUT2D eigenvalue weighted by Crippen LogP contribution is 2.22. The standard InChI is InChI=1S/C24H31N3O5S/c1-17(2)15-25-23(28)19-5-4-14-27(16-19)24(29)18-6-8-20(9-7-18)26-33(30,31)22-12-10-21(32-3)11-13-22/h6-13,17,19,26H,4-5,14-16H2,1-3H3,(H,25,28). The summed E-state index contributed by atoms with van der Waals surface area (Å²) in [4.78, 5) is 27.2. The predicted molar refractivity (Wildman–Crippen MR) is 127 cm³/mol. The average molecular weight is 474 g/mol. The van der Waals surface area contributed by atoms with Crippen LogP contribution in [0.3, 0.4) is 0 Å². The molecule has 178 valence electrons. The number of carbonyl (C=O) groups is 2. The normalized spacial score (nSPS) is 16.4. The smallest absolute Gasteiger partial charge is 0.261 e. The molecule has 2 N–H and O–H groups in total. The zero-order chi connectivity index (χ0) is 24.0. The van der Waals surface area contributed by atoms with Gasteiger partial charge in [0.1, 0.15) is 5.75 Å². The van der Waals surface area contributed by atoms with E-state index in [4.69, 9.17) is 4.74 Å². The lowest BCUT2D eigenvalue weighted by atomic mass is 9.96. The summed E-state index contributed by atoms with van der Waals surface area (Å²) in [7, 11) is -2.26. The summed E-state index contributed by atoms with van der Waals surface area (Å²) in [6, 6.07) is 12.4. The Morgan fingerprint density at radius 1 is 1.09 bits per heavy atom. The van der Waals surface area contributed by atoms with E-state index in [1.165, 1.54) is 19.2 Å². The second kappa shape index (κ2) is 10.7. The highest BCUT2D eigenvalue weighted by atomic mass is 32.2. The molecule has 0 bridgehead atoms. The third kappa shape index (κ3) is 6.47. The van der Waals surface area contributed by atoms with Crippen LogP contribution in [0.4, 0.5) is 5.69 Å². The first-order valence-corrected chi connectivity index (χ1v) is 12.5. The van der Waals surface area contributed by atoms with E-state index in [-0.39, 0.29) is 22.6 Å². The minimum atomic E-state index is -3.77. The number of piperidine rings is 1. The van der Waals surface area contributed by atoms with Crippen molar-refractivity contribution in [1.29, 1.82) is 0 Å². The van der Waals surface area contributed by atoms with Crippen molar-refractivity contribution in [2.45, 2.75) is 31.6 Å². The monoisotopic (exact) mass is 473 g/mol. The van der Waals surface area contributed by atoms with Gasteiger partial charge in [-0.05, 0) is 67.3 Å². The second-order valence-corrected chi connectivity index (χ2v) is 10.3. The van der Waals surface area contributed by atoms with Crippen molar-refractivity contribution >= 4 is 27.5 Å². The van der Waals surface area contributed by atoms with Crippen LogP contribution in [0.2, 0.25) is 0 Å². The van der Waals surface area contributed by atoms with Crippen LogP contribution in [0.15, 0.2) is 53.4 Å². The topological polar surface area (TPSA) is 105 Å². The minimum absolute atomic E-state index is 0.00973. The number of nitrogens with one attached hydrogen (secondary N) is 2. The maximum atomic E-state index is 13.0. The molecule has 2 amide bonds. The number of benzene rings is 2. The molecule has 1 atom stereocenters. The maximum absolute atomic E-state index is 13.0. The Morgan fingerprint density at radius 3 is 2.36 bits per heavy atom. The van der Waals surface area contributed by atoms with Gasteiger partial charge < -0.3 is 15.0 Å². The predicted octanol–water partition coefficient (Wildman–Crippen LogP) is 3.12. The maximum Gasteiger partial charge on any atom is 0.261 e. The van der Waals surface area contributed by atoms with E-state index in [0.29, 0.717) is 42.6 Å². The Bertz CT molecular complexity index is 1070. The van der Waals surface area contributed by atoms with Gasteiger partial charge in [0.25, 0.3) is 15.9 Å². The van der Waals surface area contributed by atoms with Gasteiger partial charge in [-0.2, -0.15) is 0 Å². The van der Waals surface area contributed by atoms with Gasteiger partial charge in [-0.1, -0.05) is 13.8 Å². The molecule has 1 saturated heterocycles. The van der Waals surface area contributed by atoms with Gasteiger partial charge in [0, 0.05) is 30.9 Å². The lowest BCUT2D eigenvalue weighted by Crippen LogP contribution is -2.46. The molecule has 1 fully saturated rings. The third-order valence-electron chi connectivity index (χ3n) is 5.52. The van der Waals surface area contributed by atoms with Crippen LogP contribution in [0.1, 0.15) is 37.0 Å². The molecule has 2 aromatic carbocycles. The Kier molecular flexibility index (Phi) is 7.97. The Labute approximate surface area is 195 Å². The molecule has 9 heteroatoms. The van der Waals surface area contributed by atoms with E-state index in [0.717, 1.165) is 12.8 Å². The number of sulfonamides is 1.